The van der Waals surface area contributed by atoms with Gasteiger partial charge in [0.15, 0.2) is 0 Å². The zero-order valence-corrected chi connectivity index (χ0v) is 12.2. The molecular weight excluding hydrogens is 268 g/mol. The average molecular weight is 287 g/mol. The zero-order valence-electron chi connectivity index (χ0n) is 11.4. The van der Waals surface area contributed by atoms with Crippen molar-refractivity contribution in [2.45, 2.75) is 18.6 Å². The van der Waals surface area contributed by atoms with Crippen LogP contribution < -0.4 is 0 Å². The Morgan fingerprint density at radius 1 is 1.53 bits per heavy atom. The number of ether oxygens (including phenoxy) is 2. The Morgan fingerprint density at radius 3 is 2.79 bits per heavy atom. The summed E-state index contributed by atoms with van der Waals surface area (Å²) in [6.07, 6.45) is 2.60. The van der Waals surface area contributed by atoms with E-state index in [0.29, 0.717) is 23.9 Å². The molecule has 5 nitrogen and oxygen atoms in total. The van der Waals surface area contributed by atoms with E-state index in [9.17, 15) is 4.79 Å². The van der Waals surface area contributed by atoms with Crippen LogP contribution in [0.4, 0.5) is 0 Å². The van der Waals surface area contributed by atoms with Gasteiger partial charge >= 0.3 is 0 Å². The summed E-state index contributed by atoms with van der Waals surface area (Å²) in [4.78, 5) is 14.4. The van der Waals surface area contributed by atoms with E-state index in [2.05, 4.69) is 0 Å². The summed E-state index contributed by atoms with van der Waals surface area (Å²) >= 11 is 5.93. The average Bonchev–Trinajstić information content (AvgIpc) is 2.92. The second-order valence-corrected chi connectivity index (χ2v) is 5.25. The molecular formula is C13H19ClN2O3. The Labute approximate surface area is 118 Å². The zero-order chi connectivity index (χ0) is 14.0. The third kappa shape index (κ3) is 2.94. The van der Waals surface area contributed by atoms with E-state index < -0.39 is 0 Å². The lowest BCUT2D eigenvalue weighted by atomic mass is 10.2. The highest BCUT2D eigenvalue weighted by atomic mass is 35.5. The van der Waals surface area contributed by atoms with Crippen LogP contribution in [0.3, 0.4) is 0 Å². The van der Waals surface area contributed by atoms with Crippen molar-refractivity contribution in [3.8, 4) is 0 Å². The number of hydrogen-bond acceptors (Lipinski definition) is 3. The number of carbonyl (C=O) groups excluding carboxylic acids is 1. The molecule has 1 aromatic rings. The maximum atomic E-state index is 12.6. The second-order valence-electron chi connectivity index (χ2n) is 4.81. The number of carbonyl (C=O) groups is 1. The molecule has 0 aliphatic carbocycles. The fourth-order valence-corrected chi connectivity index (χ4v) is 2.78. The molecule has 1 fully saturated rings. The molecule has 2 rings (SSSR count). The minimum Gasteiger partial charge on any atom is -0.383 e. The third-order valence-electron chi connectivity index (χ3n) is 3.52. The Morgan fingerprint density at radius 2 is 2.26 bits per heavy atom. The predicted octanol–water partition coefficient (Wildman–Crippen LogP) is 1.55. The molecule has 1 aromatic heterocycles. The Hall–Kier alpha value is -1.04. The molecule has 6 heteroatoms. The van der Waals surface area contributed by atoms with Gasteiger partial charge in [-0.2, -0.15) is 0 Å². The normalized spacial score (nSPS) is 23.1. The molecule has 0 spiro atoms. The van der Waals surface area contributed by atoms with E-state index in [1.807, 2.05) is 11.9 Å². The van der Waals surface area contributed by atoms with Crippen molar-refractivity contribution in [2.24, 2.45) is 7.05 Å². The summed E-state index contributed by atoms with van der Waals surface area (Å²) in [5.74, 6) is -0.0315. The van der Waals surface area contributed by atoms with Crippen LogP contribution in [0.25, 0.3) is 0 Å². The molecule has 0 bridgehead atoms. The van der Waals surface area contributed by atoms with E-state index in [4.69, 9.17) is 21.1 Å². The van der Waals surface area contributed by atoms with Gasteiger partial charge in [-0.1, -0.05) is 11.6 Å². The topological polar surface area (TPSA) is 43.7 Å². The standard InChI is InChI=1S/C13H19ClN2O3/c1-15-6-9(14)4-12(15)13(17)16-7-11(19-3)5-10(16)8-18-2/h4,6,10-11H,5,7-8H2,1-3H3/t10-,11-/m0/s1. The molecule has 2 heterocycles. The van der Waals surface area contributed by atoms with Crippen LogP contribution in [-0.4, -0.2) is 54.9 Å². The van der Waals surface area contributed by atoms with Crippen molar-refractivity contribution in [3.63, 3.8) is 0 Å². The molecule has 19 heavy (non-hydrogen) atoms. The van der Waals surface area contributed by atoms with Crippen LogP contribution in [0.2, 0.25) is 5.02 Å². The smallest absolute Gasteiger partial charge is 0.270 e. The van der Waals surface area contributed by atoms with Crippen molar-refractivity contribution < 1.29 is 14.3 Å². The number of hydrogen-bond donors (Lipinski definition) is 0. The van der Waals surface area contributed by atoms with Crippen molar-refractivity contribution in [1.82, 2.24) is 9.47 Å². The lowest BCUT2D eigenvalue weighted by Gasteiger charge is -2.23. The first-order valence-corrected chi connectivity index (χ1v) is 6.59. The molecule has 1 aliphatic rings. The maximum absolute atomic E-state index is 12.6. The van der Waals surface area contributed by atoms with E-state index in [0.717, 1.165) is 6.42 Å². The molecule has 0 saturated carbocycles. The number of nitrogens with zero attached hydrogens (tertiary/aromatic N) is 2. The summed E-state index contributed by atoms with van der Waals surface area (Å²) in [7, 11) is 5.12. The molecule has 0 N–H and O–H groups in total. The molecule has 1 aliphatic heterocycles. The first-order valence-electron chi connectivity index (χ1n) is 6.21. The quantitative estimate of drug-likeness (QED) is 0.844. The second kappa shape index (κ2) is 5.94. The molecule has 0 aromatic carbocycles. The van der Waals surface area contributed by atoms with Crippen LogP contribution in [0.1, 0.15) is 16.9 Å². The first-order chi connectivity index (χ1) is 9.06. The van der Waals surface area contributed by atoms with Gasteiger partial charge in [-0.25, -0.2) is 0 Å². The summed E-state index contributed by atoms with van der Waals surface area (Å²) in [5.41, 5.74) is 0.586. The third-order valence-corrected chi connectivity index (χ3v) is 3.73. The Bertz CT molecular complexity index is 461. The predicted molar refractivity (Wildman–Crippen MR) is 72.5 cm³/mol. The van der Waals surface area contributed by atoms with Crippen LogP contribution >= 0.6 is 11.6 Å². The summed E-state index contributed by atoms with van der Waals surface area (Å²) < 4.78 is 12.3. The lowest BCUT2D eigenvalue weighted by Crippen LogP contribution is -2.39. The maximum Gasteiger partial charge on any atom is 0.270 e. The van der Waals surface area contributed by atoms with E-state index in [1.54, 1.807) is 31.0 Å². The SMILES string of the molecule is COC[C@@H]1C[C@H](OC)CN1C(=O)c1cc(Cl)cn1C. The summed E-state index contributed by atoms with van der Waals surface area (Å²) in [6, 6.07) is 1.74. The molecule has 2 atom stereocenters. The van der Waals surface area contributed by atoms with E-state index in [1.165, 1.54) is 0 Å². The number of likely N-dealkylation sites (tertiary alicyclic amines) is 1. The molecule has 0 unspecified atom stereocenters. The van der Waals surface area contributed by atoms with Crippen LogP contribution in [-0.2, 0) is 16.5 Å². The summed E-state index contributed by atoms with van der Waals surface area (Å²) in [5, 5.41) is 0.566. The minimum absolute atomic E-state index is 0.0315. The van der Waals surface area contributed by atoms with Gasteiger partial charge in [-0.15, -0.1) is 0 Å². The minimum atomic E-state index is -0.0315. The van der Waals surface area contributed by atoms with Gasteiger partial charge in [0.25, 0.3) is 5.91 Å². The number of methoxy groups -OCH3 is 2. The number of rotatable bonds is 4. The summed E-state index contributed by atoms with van der Waals surface area (Å²) in [6.45, 7) is 1.11. The van der Waals surface area contributed by atoms with Gasteiger partial charge in [0.1, 0.15) is 5.69 Å². The fourth-order valence-electron chi connectivity index (χ4n) is 2.53. The largest absolute Gasteiger partial charge is 0.383 e. The highest BCUT2D eigenvalue weighted by molar-refractivity contribution is 6.31. The van der Waals surface area contributed by atoms with Gasteiger partial charge in [-0.3, -0.25) is 4.79 Å². The Balaban J connectivity index is 2.19. The van der Waals surface area contributed by atoms with Gasteiger partial charge in [0.05, 0.1) is 23.8 Å². The number of aromatic nitrogens is 1. The number of halogens is 1. The molecule has 106 valence electrons. The van der Waals surface area contributed by atoms with Crippen molar-refractivity contribution in [3.05, 3.63) is 23.0 Å². The van der Waals surface area contributed by atoms with E-state index >= 15 is 0 Å². The fraction of sp³-hybridized carbons (Fsp3) is 0.615. The van der Waals surface area contributed by atoms with E-state index in [-0.39, 0.29) is 18.1 Å². The van der Waals surface area contributed by atoms with Crippen LogP contribution in [0.15, 0.2) is 12.3 Å². The Kier molecular flexibility index (Phi) is 4.50. The van der Waals surface area contributed by atoms with Crippen LogP contribution in [0.5, 0.6) is 0 Å². The van der Waals surface area contributed by atoms with Crippen molar-refractivity contribution in [2.75, 3.05) is 27.4 Å². The molecule has 0 radical (unpaired) electrons. The van der Waals surface area contributed by atoms with Gasteiger partial charge in [0, 0.05) is 34.0 Å². The van der Waals surface area contributed by atoms with Gasteiger partial charge in [0.2, 0.25) is 0 Å². The highest BCUT2D eigenvalue weighted by Crippen LogP contribution is 2.24. The highest BCUT2D eigenvalue weighted by Gasteiger charge is 2.36. The van der Waals surface area contributed by atoms with Crippen LogP contribution in [0, 0.1) is 0 Å². The lowest BCUT2D eigenvalue weighted by molar-refractivity contribution is 0.0603. The van der Waals surface area contributed by atoms with Crippen molar-refractivity contribution >= 4 is 17.5 Å². The van der Waals surface area contributed by atoms with Gasteiger partial charge < -0.3 is 18.9 Å². The van der Waals surface area contributed by atoms with Gasteiger partial charge in [-0.05, 0) is 12.5 Å². The number of amides is 1. The number of aryl methyl sites for hydroxylation is 1. The first kappa shape index (κ1) is 14.4. The van der Waals surface area contributed by atoms with Crippen molar-refractivity contribution in [1.29, 1.82) is 0 Å². The monoisotopic (exact) mass is 286 g/mol. The molecule has 1 saturated heterocycles. The molecule has 1 amide bonds.